The number of rotatable bonds is 10. The van der Waals surface area contributed by atoms with Gasteiger partial charge in [-0.3, -0.25) is 4.79 Å². The Hall–Kier alpha value is -3.79. The number of benzene rings is 2. The fraction of sp³-hybridized carbons (Fsp3) is 0.269. The van der Waals surface area contributed by atoms with Gasteiger partial charge in [0, 0.05) is 25.4 Å². The second-order valence-corrected chi connectivity index (χ2v) is 8.67. The number of carbonyl (C=O) groups is 1. The van der Waals surface area contributed by atoms with E-state index < -0.39 is 11.7 Å². The van der Waals surface area contributed by atoms with E-state index in [0.717, 1.165) is 49.0 Å². The number of anilines is 2. The maximum Gasteiger partial charge on any atom is 0.416 e. The van der Waals surface area contributed by atoms with Gasteiger partial charge in [-0.2, -0.15) is 13.2 Å². The number of hydrogen-bond donors (Lipinski definition) is 1. The third-order valence-electron chi connectivity index (χ3n) is 5.48. The molecule has 11 heteroatoms. The van der Waals surface area contributed by atoms with E-state index in [1.54, 1.807) is 18.2 Å². The van der Waals surface area contributed by atoms with Gasteiger partial charge in [-0.25, -0.2) is 9.97 Å². The summed E-state index contributed by atoms with van der Waals surface area (Å²) in [5.74, 6) is 0.550. The summed E-state index contributed by atoms with van der Waals surface area (Å²) in [6.07, 6.45) is 1.49. The van der Waals surface area contributed by atoms with Crippen molar-refractivity contribution in [3.05, 3.63) is 71.6 Å². The van der Waals surface area contributed by atoms with Crippen molar-refractivity contribution in [3.8, 4) is 11.5 Å². The van der Waals surface area contributed by atoms with Gasteiger partial charge in [-0.05, 0) is 61.7 Å². The van der Waals surface area contributed by atoms with Crippen molar-refractivity contribution in [3.63, 3.8) is 0 Å². The topological polar surface area (TPSA) is 78.3 Å². The fourth-order valence-electron chi connectivity index (χ4n) is 3.75. The maximum atomic E-state index is 13.0. The van der Waals surface area contributed by atoms with E-state index in [4.69, 9.17) is 21.1 Å². The van der Waals surface area contributed by atoms with Crippen molar-refractivity contribution < 1.29 is 27.4 Å². The van der Waals surface area contributed by atoms with E-state index in [1.807, 2.05) is 12.3 Å². The second kappa shape index (κ2) is 11.5. The zero-order valence-corrected chi connectivity index (χ0v) is 20.6. The predicted molar refractivity (Wildman–Crippen MR) is 134 cm³/mol. The molecule has 2 aromatic carbocycles. The molecule has 37 heavy (non-hydrogen) atoms. The molecule has 4 rings (SSSR count). The molecule has 4 aromatic rings. The summed E-state index contributed by atoms with van der Waals surface area (Å²) < 4.78 is 51.6. The molecule has 0 spiro atoms. The van der Waals surface area contributed by atoms with Gasteiger partial charge in [0.05, 0.1) is 22.7 Å². The number of aryl methyl sites for hydroxylation is 1. The van der Waals surface area contributed by atoms with Crippen LogP contribution in [0.4, 0.5) is 24.7 Å². The van der Waals surface area contributed by atoms with E-state index in [2.05, 4.69) is 19.9 Å². The minimum Gasteiger partial charge on any atom is -0.466 e. The monoisotopic (exact) mass is 532 g/mol. The fourth-order valence-corrected chi connectivity index (χ4v) is 3.97. The lowest BCUT2D eigenvalue weighted by Gasteiger charge is -2.13. The standard InChI is InChI=1S/C26H24ClF3N4O3/c1-17(35)36-13-4-2-3-11-34-12-10-22-24(34)25(32-16-31-22)33-19-8-9-23(21(27)15-19)37-20-7-5-6-18(14-20)26(28,29)30/h5-10,12,14-16H,2-4,11,13H2,1H3,(H,31,32,33). The van der Waals surface area contributed by atoms with Crippen molar-refractivity contribution >= 4 is 40.1 Å². The Morgan fingerprint density at radius 1 is 1.08 bits per heavy atom. The zero-order chi connectivity index (χ0) is 26.4. The van der Waals surface area contributed by atoms with Crippen molar-refractivity contribution in [2.75, 3.05) is 11.9 Å². The van der Waals surface area contributed by atoms with Gasteiger partial charge >= 0.3 is 12.1 Å². The zero-order valence-electron chi connectivity index (χ0n) is 19.9. The highest BCUT2D eigenvalue weighted by molar-refractivity contribution is 6.32. The number of hydrogen-bond acceptors (Lipinski definition) is 6. The molecule has 0 radical (unpaired) electrons. The molecule has 1 N–H and O–H groups in total. The number of halogens is 4. The molecule has 2 heterocycles. The smallest absolute Gasteiger partial charge is 0.416 e. The molecule has 194 valence electrons. The normalized spacial score (nSPS) is 11.5. The van der Waals surface area contributed by atoms with Crippen LogP contribution >= 0.6 is 11.6 Å². The summed E-state index contributed by atoms with van der Waals surface area (Å²) in [5, 5.41) is 3.46. The highest BCUT2D eigenvalue weighted by Gasteiger charge is 2.30. The quantitative estimate of drug-likeness (QED) is 0.170. The van der Waals surface area contributed by atoms with Gasteiger partial charge in [0.15, 0.2) is 5.82 Å². The Morgan fingerprint density at radius 3 is 2.68 bits per heavy atom. The third-order valence-corrected chi connectivity index (χ3v) is 5.78. The SMILES string of the molecule is CC(=O)OCCCCCn1ccc2ncnc(Nc3ccc(Oc4cccc(C(F)(F)F)c4)c(Cl)c3)c21. The van der Waals surface area contributed by atoms with Crippen LogP contribution < -0.4 is 10.1 Å². The summed E-state index contributed by atoms with van der Waals surface area (Å²) in [7, 11) is 0. The molecular formula is C26H24ClF3N4O3. The summed E-state index contributed by atoms with van der Waals surface area (Å²) in [5.41, 5.74) is 1.41. The Morgan fingerprint density at radius 2 is 1.92 bits per heavy atom. The van der Waals surface area contributed by atoms with Gasteiger partial charge in [-0.15, -0.1) is 0 Å². The molecule has 0 saturated heterocycles. The summed E-state index contributed by atoms with van der Waals surface area (Å²) in [6.45, 7) is 2.53. The summed E-state index contributed by atoms with van der Waals surface area (Å²) in [6, 6.07) is 11.4. The maximum absolute atomic E-state index is 13.0. The lowest BCUT2D eigenvalue weighted by atomic mass is 10.2. The molecular weight excluding hydrogens is 509 g/mol. The number of nitrogens with one attached hydrogen (secondary N) is 1. The number of fused-ring (bicyclic) bond motifs is 1. The average Bonchev–Trinajstić information content (AvgIpc) is 3.26. The van der Waals surface area contributed by atoms with Crippen molar-refractivity contribution in [2.45, 2.75) is 38.9 Å². The van der Waals surface area contributed by atoms with E-state index in [9.17, 15) is 18.0 Å². The van der Waals surface area contributed by atoms with Crippen LogP contribution in [0, 0.1) is 0 Å². The Labute approximate surface area is 216 Å². The number of unbranched alkanes of at least 4 members (excludes halogenated alkanes) is 2. The van der Waals surface area contributed by atoms with Crippen LogP contribution in [0.2, 0.25) is 5.02 Å². The summed E-state index contributed by atoms with van der Waals surface area (Å²) >= 11 is 6.38. The number of esters is 1. The van der Waals surface area contributed by atoms with Crippen molar-refractivity contribution in [1.82, 2.24) is 14.5 Å². The minimum atomic E-state index is -4.47. The lowest BCUT2D eigenvalue weighted by Crippen LogP contribution is -2.04. The van der Waals surface area contributed by atoms with Gasteiger partial charge in [0.1, 0.15) is 23.3 Å². The van der Waals surface area contributed by atoms with Gasteiger partial charge < -0.3 is 19.4 Å². The Kier molecular flexibility index (Phi) is 8.17. The van der Waals surface area contributed by atoms with E-state index in [0.29, 0.717) is 18.1 Å². The van der Waals surface area contributed by atoms with Gasteiger partial charge in [0.25, 0.3) is 0 Å². The molecule has 0 atom stereocenters. The number of alkyl halides is 3. The molecule has 0 aliphatic heterocycles. The highest BCUT2D eigenvalue weighted by atomic mass is 35.5. The Balaban J connectivity index is 1.45. The highest BCUT2D eigenvalue weighted by Crippen LogP contribution is 2.36. The largest absolute Gasteiger partial charge is 0.466 e. The van der Waals surface area contributed by atoms with Crippen LogP contribution in [0.3, 0.4) is 0 Å². The molecule has 0 fully saturated rings. The third kappa shape index (κ3) is 6.91. The molecule has 7 nitrogen and oxygen atoms in total. The molecule has 2 aromatic heterocycles. The molecule has 0 aliphatic rings. The molecule has 0 unspecified atom stereocenters. The van der Waals surface area contributed by atoms with Crippen molar-refractivity contribution in [1.29, 1.82) is 0 Å². The van der Waals surface area contributed by atoms with Crippen LogP contribution in [-0.2, 0) is 22.3 Å². The van der Waals surface area contributed by atoms with Gasteiger partial charge in [-0.1, -0.05) is 17.7 Å². The van der Waals surface area contributed by atoms with Crippen LogP contribution in [0.25, 0.3) is 11.0 Å². The van der Waals surface area contributed by atoms with Crippen LogP contribution in [0.15, 0.2) is 61.1 Å². The van der Waals surface area contributed by atoms with Crippen LogP contribution in [0.1, 0.15) is 31.7 Å². The van der Waals surface area contributed by atoms with Crippen LogP contribution in [-0.4, -0.2) is 27.1 Å². The lowest BCUT2D eigenvalue weighted by molar-refractivity contribution is -0.141. The van der Waals surface area contributed by atoms with Gasteiger partial charge in [0.2, 0.25) is 0 Å². The minimum absolute atomic E-state index is 0.0284. The first kappa shape index (κ1) is 26.3. The molecule has 0 amide bonds. The van der Waals surface area contributed by atoms with E-state index in [-0.39, 0.29) is 22.5 Å². The Bertz CT molecular complexity index is 1390. The molecule has 0 saturated carbocycles. The molecule has 0 aliphatic carbocycles. The predicted octanol–water partition coefficient (Wildman–Crippen LogP) is 7.37. The first-order chi connectivity index (χ1) is 17.7. The number of carbonyl (C=O) groups excluding carboxylic acids is 1. The number of aromatic nitrogens is 3. The van der Waals surface area contributed by atoms with Crippen molar-refractivity contribution in [2.24, 2.45) is 0 Å². The first-order valence-corrected chi connectivity index (χ1v) is 11.9. The first-order valence-electron chi connectivity index (χ1n) is 11.6. The number of ether oxygens (including phenoxy) is 2. The number of nitrogens with zero attached hydrogens (tertiary/aromatic N) is 3. The van der Waals surface area contributed by atoms with Crippen LogP contribution in [0.5, 0.6) is 11.5 Å². The summed E-state index contributed by atoms with van der Waals surface area (Å²) in [4.78, 5) is 19.6. The van der Waals surface area contributed by atoms with E-state index in [1.165, 1.54) is 25.4 Å². The second-order valence-electron chi connectivity index (χ2n) is 8.26. The average molecular weight is 533 g/mol. The molecule has 0 bridgehead atoms. The van der Waals surface area contributed by atoms with E-state index >= 15 is 0 Å².